The maximum Gasteiger partial charge on any atom is 0.325 e. The SMILES string of the molecule is COC(=O)CCN1C(=O)N[C@]2(CN(C)C[C@H]2c2ccco2)C1=O. The lowest BCUT2D eigenvalue weighted by molar-refractivity contribution is -0.141. The van der Waals surface area contributed by atoms with Gasteiger partial charge in [0.15, 0.2) is 0 Å². The molecule has 0 bridgehead atoms. The number of methoxy groups -OCH3 is 1. The molecule has 2 aliphatic rings. The Bertz CT molecular complexity index is 629. The molecule has 2 saturated heterocycles. The molecule has 1 N–H and O–H groups in total. The zero-order valence-electron chi connectivity index (χ0n) is 13.1. The van der Waals surface area contributed by atoms with E-state index in [0.717, 1.165) is 4.90 Å². The predicted octanol–water partition coefficient (Wildman–Crippen LogP) is 0.162. The minimum Gasteiger partial charge on any atom is -0.469 e. The van der Waals surface area contributed by atoms with Gasteiger partial charge >= 0.3 is 12.0 Å². The van der Waals surface area contributed by atoms with Crippen LogP contribution in [0.2, 0.25) is 0 Å². The van der Waals surface area contributed by atoms with Gasteiger partial charge in [0, 0.05) is 19.6 Å². The molecule has 124 valence electrons. The summed E-state index contributed by atoms with van der Waals surface area (Å²) >= 11 is 0. The fraction of sp³-hybridized carbons (Fsp3) is 0.533. The molecule has 2 aliphatic heterocycles. The maximum atomic E-state index is 12.9. The summed E-state index contributed by atoms with van der Waals surface area (Å²) < 4.78 is 10.0. The Labute approximate surface area is 133 Å². The van der Waals surface area contributed by atoms with E-state index >= 15 is 0 Å². The molecule has 1 spiro atoms. The molecule has 8 heteroatoms. The molecule has 0 aromatic carbocycles. The highest BCUT2D eigenvalue weighted by molar-refractivity contribution is 6.08. The third kappa shape index (κ3) is 2.48. The highest BCUT2D eigenvalue weighted by Gasteiger charge is 2.60. The van der Waals surface area contributed by atoms with Crippen molar-refractivity contribution in [2.24, 2.45) is 0 Å². The van der Waals surface area contributed by atoms with Gasteiger partial charge in [-0.25, -0.2) is 4.79 Å². The molecule has 2 fully saturated rings. The average Bonchev–Trinajstić information content (AvgIpc) is 3.19. The van der Waals surface area contributed by atoms with E-state index in [-0.39, 0.29) is 24.8 Å². The van der Waals surface area contributed by atoms with Gasteiger partial charge in [0.25, 0.3) is 5.91 Å². The topological polar surface area (TPSA) is 92.1 Å². The summed E-state index contributed by atoms with van der Waals surface area (Å²) in [4.78, 5) is 39.5. The van der Waals surface area contributed by atoms with E-state index < -0.39 is 17.5 Å². The molecule has 3 heterocycles. The van der Waals surface area contributed by atoms with Gasteiger partial charge in [-0.1, -0.05) is 0 Å². The number of rotatable bonds is 4. The second-order valence-electron chi connectivity index (χ2n) is 5.95. The Hall–Kier alpha value is -2.35. The van der Waals surface area contributed by atoms with Crippen molar-refractivity contribution in [3.63, 3.8) is 0 Å². The number of carbonyl (C=O) groups is 3. The third-order valence-electron chi connectivity index (χ3n) is 4.46. The van der Waals surface area contributed by atoms with Crippen LogP contribution >= 0.6 is 0 Å². The Morgan fingerprint density at radius 1 is 1.52 bits per heavy atom. The first-order valence-electron chi connectivity index (χ1n) is 7.41. The van der Waals surface area contributed by atoms with Crippen molar-refractivity contribution in [1.29, 1.82) is 0 Å². The van der Waals surface area contributed by atoms with E-state index in [1.165, 1.54) is 7.11 Å². The van der Waals surface area contributed by atoms with Gasteiger partial charge < -0.3 is 19.4 Å². The summed E-state index contributed by atoms with van der Waals surface area (Å²) in [6.45, 7) is 1.01. The number of likely N-dealkylation sites (tertiary alicyclic amines) is 1. The van der Waals surface area contributed by atoms with Gasteiger partial charge in [-0.3, -0.25) is 14.5 Å². The lowest BCUT2D eigenvalue weighted by Gasteiger charge is -2.26. The third-order valence-corrected chi connectivity index (χ3v) is 4.46. The summed E-state index contributed by atoms with van der Waals surface area (Å²) in [5.41, 5.74) is -1.04. The van der Waals surface area contributed by atoms with Crippen molar-refractivity contribution in [1.82, 2.24) is 15.1 Å². The zero-order valence-corrected chi connectivity index (χ0v) is 13.1. The lowest BCUT2D eigenvalue weighted by Crippen LogP contribution is -2.52. The van der Waals surface area contributed by atoms with Crippen molar-refractivity contribution < 1.29 is 23.5 Å². The average molecular weight is 321 g/mol. The number of nitrogens with zero attached hydrogens (tertiary/aromatic N) is 2. The van der Waals surface area contributed by atoms with Crippen LogP contribution in [0.4, 0.5) is 4.79 Å². The van der Waals surface area contributed by atoms with Crippen molar-refractivity contribution in [2.75, 3.05) is 33.8 Å². The molecule has 8 nitrogen and oxygen atoms in total. The Balaban J connectivity index is 1.85. The van der Waals surface area contributed by atoms with Crippen LogP contribution < -0.4 is 5.32 Å². The molecule has 3 rings (SSSR count). The van der Waals surface area contributed by atoms with Crippen LogP contribution in [0.25, 0.3) is 0 Å². The Morgan fingerprint density at radius 2 is 2.30 bits per heavy atom. The Morgan fingerprint density at radius 3 is 2.96 bits per heavy atom. The zero-order chi connectivity index (χ0) is 16.6. The first-order valence-corrected chi connectivity index (χ1v) is 7.41. The number of esters is 1. The van der Waals surface area contributed by atoms with Crippen molar-refractivity contribution in [2.45, 2.75) is 17.9 Å². The van der Waals surface area contributed by atoms with Crippen LogP contribution in [0.1, 0.15) is 18.1 Å². The van der Waals surface area contributed by atoms with Gasteiger partial charge in [-0.05, 0) is 19.2 Å². The van der Waals surface area contributed by atoms with Crippen molar-refractivity contribution in [3.05, 3.63) is 24.2 Å². The van der Waals surface area contributed by atoms with Crippen LogP contribution in [0.3, 0.4) is 0 Å². The standard InChI is InChI=1S/C15H19N3O5/c1-17-8-10(11-4-3-7-23-11)15(9-17)13(20)18(14(21)16-15)6-5-12(19)22-2/h3-4,7,10H,5-6,8-9H2,1-2H3,(H,16,21)/t10-,15-/m0/s1. The fourth-order valence-electron chi connectivity index (χ4n) is 3.39. The minimum absolute atomic E-state index is 0.00762. The van der Waals surface area contributed by atoms with E-state index in [9.17, 15) is 14.4 Å². The molecule has 1 aromatic rings. The number of amides is 3. The molecule has 0 radical (unpaired) electrons. The molecule has 0 unspecified atom stereocenters. The van der Waals surface area contributed by atoms with Gasteiger partial charge in [0.05, 0.1) is 25.7 Å². The normalized spacial score (nSPS) is 27.7. The lowest BCUT2D eigenvalue weighted by atomic mass is 9.85. The van der Waals surface area contributed by atoms with E-state index in [2.05, 4.69) is 10.1 Å². The van der Waals surface area contributed by atoms with Crippen molar-refractivity contribution in [3.8, 4) is 0 Å². The van der Waals surface area contributed by atoms with E-state index in [0.29, 0.717) is 18.8 Å². The summed E-state index contributed by atoms with van der Waals surface area (Å²) in [5, 5.41) is 2.82. The quantitative estimate of drug-likeness (QED) is 0.627. The van der Waals surface area contributed by atoms with Crippen molar-refractivity contribution >= 4 is 17.9 Å². The summed E-state index contributed by atoms with van der Waals surface area (Å²) in [6, 6.07) is 3.09. The van der Waals surface area contributed by atoms with Crippen LogP contribution in [0.5, 0.6) is 0 Å². The monoisotopic (exact) mass is 321 g/mol. The number of ether oxygens (including phenoxy) is 1. The number of hydrogen-bond donors (Lipinski definition) is 1. The molecule has 3 amide bonds. The molecule has 0 aliphatic carbocycles. The highest BCUT2D eigenvalue weighted by Crippen LogP contribution is 2.39. The summed E-state index contributed by atoms with van der Waals surface area (Å²) in [6.07, 6.45) is 1.53. The largest absolute Gasteiger partial charge is 0.469 e. The number of imide groups is 1. The van der Waals surface area contributed by atoms with Gasteiger partial charge in [0.2, 0.25) is 0 Å². The smallest absolute Gasteiger partial charge is 0.325 e. The van der Waals surface area contributed by atoms with Gasteiger partial charge in [0.1, 0.15) is 11.3 Å². The Kier molecular flexibility index (Phi) is 3.85. The second kappa shape index (κ2) is 5.69. The molecule has 23 heavy (non-hydrogen) atoms. The molecule has 0 saturated carbocycles. The van der Waals surface area contributed by atoms with E-state index in [4.69, 9.17) is 4.42 Å². The maximum absolute atomic E-state index is 12.9. The number of hydrogen-bond acceptors (Lipinski definition) is 6. The summed E-state index contributed by atoms with van der Waals surface area (Å²) in [5.74, 6) is -0.380. The molecular weight excluding hydrogens is 302 g/mol. The fourth-order valence-corrected chi connectivity index (χ4v) is 3.39. The number of likely N-dealkylation sites (N-methyl/N-ethyl adjacent to an activating group) is 1. The number of urea groups is 1. The first-order chi connectivity index (χ1) is 11.0. The van der Waals surface area contributed by atoms with E-state index in [1.807, 2.05) is 18.0 Å². The molecule has 2 atom stereocenters. The van der Waals surface area contributed by atoms with Crippen LogP contribution in [0, 0.1) is 0 Å². The van der Waals surface area contributed by atoms with Crippen LogP contribution in [0.15, 0.2) is 22.8 Å². The molecule has 1 aromatic heterocycles. The van der Waals surface area contributed by atoms with Crippen LogP contribution in [-0.4, -0.2) is 67.0 Å². The van der Waals surface area contributed by atoms with Gasteiger partial charge in [-0.15, -0.1) is 0 Å². The number of furan rings is 1. The molecular formula is C15H19N3O5. The number of carbonyl (C=O) groups excluding carboxylic acids is 3. The van der Waals surface area contributed by atoms with Gasteiger partial charge in [-0.2, -0.15) is 0 Å². The summed E-state index contributed by atoms with van der Waals surface area (Å²) in [7, 11) is 3.16. The van der Waals surface area contributed by atoms with Crippen LogP contribution in [-0.2, 0) is 14.3 Å². The first kappa shape index (κ1) is 15.5. The second-order valence-corrected chi connectivity index (χ2v) is 5.95. The predicted molar refractivity (Wildman–Crippen MR) is 78.6 cm³/mol. The van der Waals surface area contributed by atoms with E-state index in [1.54, 1.807) is 12.3 Å². The number of nitrogens with one attached hydrogen (secondary N) is 1. The minimum atomic E-state index is -1.04. The highest BCUT2D eigenvalue weighted by atomic mass is 16.5.